The first-order chi connectivity index (χ1) is 13.9. The zero-order valence-corrected chi connectivity index (χ0v) is 16.1. The Balaban J connectivity index is 1.37. The van der Waals surface area contributed by atoms with E-state index in [1.54, 1.807) is 0 Å². The average molecular weight is 413 g/mol. The van der Waals surface area contributed by atoms with E-state index >= 15 is 0 Å². The molecule has 2 N–H and O–H groups in total. The first-order valence-electron chi connectivity index (χ1n) is 9.02. The maximum absolute atomic E-state index is 13.5. The first-order valence-corrected chi connectivity index (χ1v) is 9.90. The number of nitrogens with one attached hydrogen (secondary N) is 2. The quantitative estimate of drug-likeness (QED) is 0.626. The molecule has 0 bridgehead atoms. The topological polar surface area (TPSA) is 71.1 Å². The predicted molar refractivity (Wildman–Crippen MR) is 105 cm³/mol. The standard InChI is InChI=1S/C21H17F2N3O2S/c22-16-7-6-14(11-17(16)23)21(8-9-21)26-19(28)18(27)25-20-24-15(12-29-20)10-13-4-2-1-3-5-13/h1-7,11-12H,8-10H2,(H,26,28)(H,24,25,27). The molecule has 8 heteroatoms. The molecule has 2 aromatic carbocycles. The van der Waals surface area contributed by atoms with Crippen molar-refractivity contribution in [2.75, 3.05) is 5.32 Å². The number of carbonyl (C=O) groups is 2. The van der Waals surface area contributed by atoms with Crippen LogP contribution in [0.2, 0.25) is 0 Å². The Hall–Kier alpha value is -3.13. The zero-order valence-electron chi connectivity index (χ0n) is 15.2. The number of nitrogens with zero attached hydrogens (tertiary/aromatic N) is 1. The molecule has 1 saturated carbocycles. The third-order valence-electron chi connectivity index (χ3n) is 4.78. The van der Waals surface area contributed by atoms with Gasteiger partial charge in [0.2, 0.25) is 0 Å². The lowest BCUT2D eigenvalue weighted by Crippen LogP contribution is -2.42. The Morgan fingerprint density at radius 3 is 2.48 bits per heavy atom. The summed E-state index contributed by atoms with van der Waals surface area (Å²) >= 11 is 1.23. The highest BCUT2D eigenvalue weighted by Gasteiger charge is 2.47. The molecule has 4 rings (SSSR count). The third kappa shape index (κ3) is 4.32. The van der Waals surface area contributed by atoms with Crippen molar-refractivity contribution >= 4 is 28.3 Å². The number of amides is 2. The Kier molecular flexibility index (Phi) is 5.10. The molecule has 1 aliphatic carbocycles. The minimum atomic E-state index is -0.985. The average Bonchev–Trinajstić information content (AvgIpc) is 3.36. The molecule has 0 atom stereocenters. The van der Waals surface area contributed by atoms with Gasteiger partial charge in [-0.3, -0.25) is 14.9 Å². The van der Waals surface area contributed by atoms with Crippen molar-refractivity contribution in [3.05, 3.63) is 82.4 Å². The summed E-state index contributed by atoms with van der Waals surface area (Å²) in [5, 5.41) is 7.28. The summed E-state index contributed by atoms with van der Waals surface area (Å²) in [7, 11) is 0. The van der Waals surface area contributed by atoms with Crippen LogP contribution in [0.4, 0.5) is 13.9 Å². The van der Waals surface area contributed by atoms with Crippen LogP contribution in [-0.2, 0) is 21.5 Å². The van der Waals surface area contributed by atoms with Gasteiger partial charge in [0.05, 0.1) is 11.2 Å². The number of hydrogen-bond donors (Lipinski definition) is 2. The molecule has 0 spiro atoms. The van der Waals surface area contributed by atoms with Crippen molar-refractivity contribution < 1.29 is 18.4 Å². The highest BCUT2D eigenvalue weighted by atomic mass is 32.1. The van der Waals surface area contributed by atoms with E-state index in [1.807, 2.05) is 35.7 Å². The lowest BCUT2D eigenvalue weighted by Gasteiger charge is -2.17. The van der Waals surface area contributed by atoms with Gasteiger partial charge in [-0.1, -0.05) is 36.4 Å². The Labute approximate surface area is 169 Å². The molecule has 5 nitrogen and oxygen atoms in total. The Morgan fingerprint density at radius 2 is 1.79 bits per heavy atom. The first kappa shape index (κ1) is 19.2. The minimum absolute atomic E-state index is 0.328. The second kappa shape index (κ2) is 7.71. The van der Waals surface area contributed by atoms with E-state index in [-0.39, 0.29) is 0 Å². The van der Waals surface area contributed by atoms with Crippen LogP contribution in [0.15, 0.2) is 53.9 Å². The maximum Gasteiger partial charge on any atom is 0.315 e. The fourth-order valence-electron chi connectivity index (χ4n) is 3.08. The summed E-state index contributed by atoms with van der Waals surface area (Å²) < 4.78 is 26.7. The number of halogens is 2. The molecule has 29 heavy (non-hydrogen) atoms. The molecule has 1 heterocycles. The van der Waals surface area contributed by atoms with Crippen molar-refractivity contribution in [1.82, 2.24) is 10.3 Å². The summed E-state index contributed by atoms with van der Waals surface area (Å²) in [5.41, 5.74) is 1.49. The van der Waals surface area contributed by atoms with Crippen molar-refractivity contribution in [3.8, 4) is 0 Å². The van der Waals surface area contributed by atoms with Crippen LogP contribution in [-0.4, -0.2) is 16.8 Å². The lowest BCUT2D eigenvalue weighted by atomic mass is 10.0. The van der Waals surface area contributed by atoms with E-state index in [9.17, 15) is 18.4 Å². The van der Waals surface area contributed by atoms with Gasteiger partial charge in [-0.05, 0) is 36.1 Å². The van der Waals surface area contributed by atoms with Crippen LogP contribution in [0.3, 0.4) is 0 Å². The van der Waals surface area contributed by atoms with Gasteiger partial charge in [-0.25, -0.2) is 13.8 Å². The van der Waals surface area contributed by atoms with E-state index in [0.29, 0.717) is 30.0 Å². The normalized spacial score (nSPS) is 14.3. The monoisotopic (exact) mass is 413 g/mol. The smallest absolute Gasteiger partial charge is 0.315 e. The number of carbonyl (C=O) groups excluding carboxylic acids is 2. The van der Waals surface area contributed by atoms with Gasteiger partial charge in [0.1, 0.15) is 0 Å². The summed E-state index contributed by atoms with van der Waals surface area (Å²) in [6, 6.07) is 13.3. The molecule has 148 valence electrons. The van der Waals surface area contributed by atoms with Crippen LogP contribution in [0, 0.1) is 11.6 Å². The predicted octanol–water partition coefficient (Wildman–Crippen LogP) is 3.76. The van der Waals surface area contributed by atoms with Crippen molar-refractivity contribution in [1.29, 1.82) is 0 Å². The van der Waals surface area contributed by atoms with E-state index in [0.717, 1.165) is 23.4 Å². The van der Waals surface area contributed by atoms with Crippen LogP contribution in [0.25, 0.3) is 0 Å². The fourth-order valence-corrected chi connectivity index (χ4v) is 3.79. The summed E-state index contributed by atoms with van der Waals surface area (Å²) in [6.45, 7) is 0. The molecule has 1 aliphatic rings. The number of thiazole rings is 1. The van der Waals surface area contributed by atoms with Gasteiger partial charge >= 0.3 is 11.8 Å². The van der Waals surface area contributed by atoms with Crippen molar-refractivity contribution in [2.24, 2.45) is 0 Å². The van der Waals surface area contributed by atoms with Gasteiger partial charge < -0.3 is 5.32 Å². The summed E-state index contributed by atoms with van der Waals surface area (Å²) in [6.07, 6.45) is 1.73. The molecular formula is C21H17F2N3O2S. The second-order valence-electron chi connectivity index (χ2n) is 6.93. The molecule has 0 saturated heterocycles. The van der Waals surface area contributed by atoms with Crippen LogP contribution in [0.5, 0.6) is 0 Å². The molecule has 3 aromatic rings. The second-order valence-corrected chi connectivity index (χ2v) is 7.78. The van der Waals surface area contributed by atoms with E-state index in [4.69, 9.17) is 0 Å². The molecule has 1 aromatic heterocycles. The van der Waals surface area contributed by atoms with Crippen molar-refractivity contribution in [2.45, 2.75) is 24.8 Å². The maximum atomic E-state index is 13.5. The summed E-state index contributed by atoms with van der Waals surface area (Å²) in [5.74, 6) is -3.63. The van der Waals surface area contributed by atoms with Gasteiger partial charge in [0.25, 0.3) is 0 Å². The Morgan fingerprint density at radius 1 is 1.03 bits per heavy atom. The highest BCUT2D eigenvalue weighted by molar-refractivity contribution is 7.14. The van der Waals surface area contributed by atoms with Crippen LogP contribution >= 0.6 is 11.3 Å². The molecule has 1 fully saturated rings. The van der Waals surface area contributed by atoms with E-state index < -0.39 is 29.0 Å². The number of rotatable bonds is 5. The fraction of sp³-hybridized carbons (Fsp3) is 0.190. The summed E-state index contributed by atoms with van der Waals surface area (Å²) in [4.78, 5) is 28.9. The number of hydrogen-bond acceptors (Lipinski definition) is 4. The lowest BCUT2D eigenvalue weighted by molar-refractivity contribution is -0.136. The zero-order chi connectivity index (χ0) is 20.4. The van der Waals surface area contributed by atoms with Crippen LogP contribution < -0.4 is 10.6 Å². The SMILES string of the molecule is O=C(Nc1nc(Cc2ccccc2)cs1)C(=O)NC1(c2ccc(F)c(F)c2)CC1. The third-order valence-corrected chi connectivity index (χ3v) is 5.59. The molecule has 0 radical (unpaired) electrons. The minimum Gasteiger partial charge on any atom is -0.338 e. The molecule has 0 aliphatic heterocycles. The molecule has 2 amide bonds. The van der Waals surface area contributed by atoms with Crippen molar-refractivity contribution in [3.63, 3.8) is 0 Å². The van der Waals surface area contributed by atoms with Gasteiger partial charge in [0.15, 0.2) is 16.8 Å². The largest absolute Gasteiger partial charge is 0.338 e. The van der Waals surface area contributed by atoms with Crippen LogP contribution in [0.1, 0.15) is 29.7 Å². The number of benzene rings is 2. The van der Waals surface area contributed by atoms with Gasteiger partial charge in [-0.2, -0.15) is 0 Å². The molecule has 0 unspecified atom stereocenters. The van der Waals surface area contributed by atoms with Gasteiger partial charge in [-0.15, -0.1) is 11.3 Å². The Bertz CT molecular complexity index is 1060. The van der Waals surface area contributed by atoms with E-state index in [1.165, 1.54) is 17.4 Å². The number of anilines is 1. The highest BCUT2D eigenvalue weighted by Crippen LogP contribution is 2.45. The number of aromatic nitrogens is 1. The van der Waals surface area contributed by atoms with E-state index in [2.05, 4.69) is 15.6 Å². The van der Waals surface area contributed by atoms with Gasteiger partial charge in [0, 0.05) is 11.8 Å². The molecular weight excluding hydrogens is 396 g/mol.